The SMILES string of the molecule is CCCNC(c1cccc(Cl)c1)C1OCCC1C. The highest BCUT2D eigenvalue weighted by atomic mass is 35.5. The van der Waals surface area contributed by atoms with Gasteiger partial charge in [-0.25, -0.2) is 0 Å². The first-order valence-corrected chi connectivity index (χ1v) is 7.20. The van der Waals surface area contributed by atoms with Gasteiger partial charge in [-0.05, 0) is 43.0 Å². The number of nitrogens with one attached hydrogen (secondary N) is 1. The van der Waals surface area contributed by atoms with Gasteiger partial charge in [0.1, 0.15) is 0 Å². The molecule has 2 nitrogen and oxygen atoms in total. The Bertz CT molecular complexity index is 383. The standard InChI is InChI=1S/C15H22ClNO/c1-3-8-17-14(15-11(2)7-9-18-15)12-5-4-6-13(16)10-12/h4-6,10-11,14-15,17H,3,7-9H2,1-2H3. The molecule has 1 heterocycles. The van der Waals surface area contributed by atoms with Gasteiger partial charge >= 0.3 is 0 Å². The molecule has 0 radical (unpaired) electrons. The fraction of sp³-hybridized carbons (Fsp3) is 0.600. The second kappa shape index (κ2) is 6.55. The van der Waals surface area contributed by atoms with Crippen LogP contribution in [-0.2, 0) is 4.74 Å². The van der Waals surface area contributed by atoms with Gasteiger partial charge in [0.05, 0.1) is 12.1 Å². The number of ether oxygens (including phenoxy) is 1. The van der Waals surface area contributed by atoms with Crippen LogP contribution in [0.25, 0.3) is 0 Å². The van der Waals surface area contributed by atoms with Gasteiger partial charge in [-0.3, -0.25) is 0 Å². The van der Waals surface area contributed by atoms with E-state index < -0.39 is 0 Å². The summed E-state index contributed by atoms with van der Waals surface area (Å²) in [6.07, 6.45) is 2.53. The quantitative estimate of drug-likeness (QED) is 0.876. The molecule has 0 aliphatic carbocycles. The smallest absolute Gasteiger partial charge is 0.0795 e. The van der Waals surface area contributed by atoms with Gasteiger partial charge in [-0.15, -0.1) is 0 Å². The number of halogens is 1. The first-order valence-electron chi connectivity index (χ1n) is 6.83. The molecule has 18 heavy (non-hydrogen) atoms. The molecule has 1 aromatic rings. The third-order valence-electron chi connectivity index (χ3n) is 3.59. The van der Waals surface area contributed by atoms with Crippen LogP contribution in [0.1, 0.15) is 38.3 Å². The lowest BCUT2D eigenvalue weighted by Gasteiger charge is -2.27. The van der Waals surface area contributed by atoms with Crippen molar-refractivity contribution in [3.63, 3.8) is 0 Å². The molecule has 2 rings (SSSR count). The minimum atomic E-state index is 0.251. The summed E-state index contributed by atoms with van der Waals surface area (Å²) in [7, 11) is 0. The summed E-state index contributed by atoms with van der Waals surface area (Å²) in [5.74, 6) is 0.596. The van der Waals surface area contributed by atoms with Crippen LogP contribution in [0.5, 0.6) is 0 Å². The van der Waals surface area contributed by atoms with Crippen molar-refractivity contribution in [3.8, 4) is 0 Å². The van der Waals surface area contributed by atoms with Crippen molar-refractivity contribution < 1.29 is 4.74 Å². The van der Waals surface area contributed by atoms with E-state index in [0.29, 0.717) is 5.92 Å². The molecule has 100 valence electrons. The van der Waals surface area contributed by atoms with Gasteiger partial charge in [-0.2, -0.15) is 0 Å². The van der Waals surface area contributed by atoms with Gasteiger partial charge in [0.25, 0.3) is 0 Å². The maximum Gasteiger partial charge on any atom is 0.0795 e. The van der Waals surface area contributed by atoms with Gasteiger partial charge in [0.15, 0.2) is 0 Å². The van der Waals surface area contributed by atoms with E-state index in [4.69, 9.17) is 16.3 Å². The number of hydrogen-bond acceptors (Lipinski definition) is 2. The van der Waals surface area contributed by atoms with Gasteiger partial charge in [-0.1, -0.05) is 37.6 Å². The lowest BCUT2D eigenvalue weighted by molar-refractivity contribution is 0.0607. The van der Waals surface area contributed by atoms with Crippen LogP contribution < -0.4 is 5.32 Å². The van der Waals surface area contributed by atoms with E-state index in [1.165, 1.54) is 5.56 Å². The highest BCUT2D eigenvalue weighted by Gasteiger charge is 2.32. The lowest BCUT2D eigenvalue weighted by atomic mass is 9.92. The summed E-state index contributed by atoms with van der Waals surface area (Å²) in [5.41, 5.74) is 1.23. The average Bonchev–Trinajstić information content (AvgIpc) is 2.77. The van der Waals surface area contributed by atoms with Crippen molar-refractivity contribution in [2.75, 3.05) is 13.2 Å². The molecule has 0 saturated carbocycles. The van der Waals surface area contributed by atoms with E-state index in [2.05, 4.69) is 25.2 Å². The molecule has 1 aliphatic rings. The van der Waals surface area contributed by atoms with Crippen molar-refractivity contribution in [1.29, 1.82) is 0 Å². The predicted molar refractivity (Wildman–Crippen MR) is 76.0 cm³/mol. The molecule has 1 fully saturated rings. The Kier molecular flexibility index (Phi) is 5.04. The minimum Gasteiger partial charge on any atom is -0.376 e. The molecule has 0 aromatic heterocycles. The zero-order valence-electron chi connectivity index (χ0n) is 11.2. The second-order valence-electron chi connectivity index (χ2n) is 5.09. The summed E-state index contributed by atoms with van der Waals surface area (Å²) in [6.45, 7) is 6.32. The molecule has 1 aromatic carbocycles. The normalized spacial score (nSPS) is 25.3. The summed E-state index contributed by atoms with van der Waals surface area (Å²) >= 11 is 6.10. The van der Waals surface area contributed by atoms with E-state index in [-0.39, 0.29) is 12.1 Å². The zero-order chi connectivity index (χ0) is 13.0. The van der Waals surface area contributed by atoms with E-state index in [1.54, 1.807) is 0 Å². The molecular weight excluding hydrogens is 246 g/mol. The molecule has 0 bridgehead atoms. The number of rotatable bonds is 5. The molecule has 1 aliphatic heterocycles. The summed E-state index contributed by atoms with van der Waals surface area (Å²) in [6, 6.07) is 8.36. The van der Waals surface area contributed by atoms with Crippen molar-refractivity contribution in [1.82, 2.24) is 5.32 Å². The lowest BCUT2D eigenvalue weighted by Crippen LogP contribution is -2.35. The van der Waals surface area contributed by atoms with Crippen LogP contribution in [0, 0.1) is 5.92 Å². The fourth-order valence-corrected chi connectivity index (χ4v) is 2.77. The molecule has 3 unspecified atom stereocenters. The molecule has 0 amide bonds. The summed E-state index contributed by atoms with van der Waals surface area (Å²) in [5, 5.41) is 4.39. The average molecular weight is 268 g/mol. The van der Waals surface area contributed by atoms with Crippen LogP contribution in [0.4, 0.5) is 0 Å². The van der Waals surface area contributed by atoms with E-state index in [0.717, 1.165) is 31.0 Å². The Morgan fingerprint density at radius 2 is 2.33 bits per heavy atom. The van der Waals surface area contributed by atoms with Crippen LogP contribution in [0.15, 0.2) is 24.3 Å². The van der Waals surface area contributed by atoms with Crippen LogP contribution in [0.2, 0.25) is 5.02 Å². The maximum absolute atomic E-state index is 6.10. The van der Waals surface area contributed by atoms with Crippen LogP contribution in [-0.4, -0.2) is 19.3 Å². The Balaban J connectivity index is 2.18. The Hall–Kier alpha value is -0.570. The number of hydrogen-bond donors (Lipinski definition) is 1. The monoisotopic (exact) mass is 267 g/mol. The number of benzene rings is 1. The topological polar surface area (TPSA) is 21.3 Å². The fourth-order valence-electron chi connectivity index (χ4n) is 2.57. The predicted octanol–water partition coefficient (Wildman–Crippen LogP) is 3.81. The first-order chi connectivity index (χ1) is 8.72. The molecule has 3 atom stereocenters. The minimum absolute atomic E-state index is 0.251. The van der Waals surface area contributed by atoms with E-state index >= 15 is 0 Å². The summed E-state index contributed by atoms with van der Waals surface area (Å²) in [4.78, 5) is 0. The first kappa shape index (κ1) is 13.9. The van der Waals surface area contributed by atoms with Gasteiger partial charge in [0, 0.05) is 11.6 Å². The molecular formula is C15H22ClNO. The molecule has 3 heteroatoms. The highest BCUT2D eigenvalue weighted by molar-refractivity contribution is 6.30. The third kappa shape index (κ3) is 3.25. The van der Waals surface area contributed by atoms with Crippen molar-refractivity contribution >= 4 is 11.6 Å². The molecule has 1 N–H and O–H groups in total. The molecule has 0 spiro atoms. The molecule has 1 saturated heterocycles. The largest absolute Gasteiger partial charge is 0.376 e. The van der Waals surface area contributed by atoms with Crippen LogP contribution >= 0.6 is 11.6 Å². The Morgan fingerprint density at radius 3 is 2.94 bits per heavy atom. The Labute approximate surface area is 115 Å². The summed E-state index contributed by atoms with van der Waals surface area (Å²) < 4.78 is 5.91. The Morgan fingerprint density at radius 1 is 1.50 bits per heavy atom. The van der Waals surface area contributed by atoms with Crippen molar-refractivity contribution in [2.45, 2.75) is 38.8 Å². The van der Waals surface area contributed by atoms with Gasteiger partial charge < -0.3 is 10.1 Å². The highest BCUT2D eigenvalue weighted by Crippen LogP contribution is 2.32. The van der Waals surface area contributed by atoms with Gasteiger partial charge in [0.2, 0.25) is 0 Å². The second-order valence-corrected chi connectivity index (χ2v) is 5.52. The van der Waals surface area contributed by atoms with E-state index in [1.807, 2.05) is 18.2 Å². The third-order valence-corrected chi connectivity index (χ3v) is 3.83. The van der Waals surface area contributed by atoms with Crippen molar-refractivity contribution in [3.05, 3.63) is 34.9 Å². The van der Waals surface area contributed by atoms with E-state index in [9.17, 15) is 0 Å². The van der Waals surface area contributed by atoms with Crippen molar-refractivity contribution in [2.24, 2.45) is 5.92 Å². The zero-order valence-corrected chi connectivity index (χ0v) is 11.9. The van der Waals surface area contributed by atoms with Crippen LogP contribution in [0.3, 0.4) is 0 Å². The maximum atomic E-state index is 6.10.